The van der Waals surface area contributed by atoms with Gasteiger partial charge in [-0.2, -0.15) is 0 Å². The van der Waals surface area contributed by atoms with Gasteiger partial charge in [0.1, 0.15) is 18.5 Å². The molecule has 0 fully saturated rings. The summed E-state index contributed by atoms with van der Waals surface area (Å²) >= 11 is 0. The predicted molar refractivity (Wildman–Crippen MR) is 129 cm³/mol. The molecule has 1 unspecified atom stereocenters. The first kappa shape index (κ1) is 23.7. The molecule has 2 amide bonds. The van der Waals surface area contributed by atoms with Crippen molar-refractivity contribution in [1.29, 1.82) is 0 Å². The Bertz CT molecular complexity index is 1180. The van der Waals surface area contributed by atoms with Crippen molar-refractivity contribution < 1.29 is 33.3 Å². The van der Waals surface area contributed by atoms with Gasteiger partial charge in [-0.3, -0.25) is 9.59 Å². The molecule has 4 rings (SSSR count). The van der Waals surface area contributed by atoms with E-state index in [1.165, 1.54) is 7.11 Å². The van der Waals surface area contributed by atoms with Gasteiger partial charge in [-0.05, 0) is 54.6 Å². The second kappa shape index (κ2) is 11.1. The molecule has 3 aromatic carbocycles. The van der Waals surface area contributed by atoms with E-state index < -0.39 is 0 Å². The molecule has 1 aliphatic rings. The van der Waals surface area contributed by atoms with Gasteiger partial charge in [0.25, 0.3) is 11.8 Å². The summed E-state index contributed by atoms with van der Waals surface area (Å²) in [5.41, 5.74) is 1.00. The Hall–Kier alpha value is -4.40. The van der Waals surface area contributed by atoms with Gasteiger partial charge in [0.15, 0.2) is 29.6 Å². The highest BCUT2D eigenvalue weighted by atomic mass is 16.6. The fourth-order valence-electron chi connectivity index (χ4n) is 3.42. The van der Waals surface area contributed by atoms with Gasteiger partial charge in [0.2, 0.25) is 0 Å². The van der Waals surface area contributed by atoms with Crippen molar-refractivity contribution in [3.8, 4) is 28.7 Å². The fourth-order valence-corrected chi connectivity index (χ4v) is 3.42. The Labute approximate surface area is 202 Å². The molecule has 1 aliphatic heterocycles. The maximum absolute atomic E-state index is 12.7. The van der Waals surface area contributed by atoms with E-state index in [1.54, 1.807) is 49.6 Å². The summed E-state index contributed by atoms with van der Waals surface area (Å²) in [4.78, 5) is 24.9. The van der Waals surface area contributed by atoms with Gasteiger partial charge >= 0.3 is 0 Å². The van der Waals surface area contributed by atoms with Crippen LogP contribution in [0.2, 0.25) is 0 Å². The average molecular weight is 479 g/mol. The summed E-state index contributed by atoms with van der Waals surface area (Å²) < 4.78 is 27.6. The van der Waals surface area contributed by atoms with E-state index >= 15 is 0 Å². The molecule has 3 aromatic rings. The molecule has 0 radical (unpaired) electrons. The van der Waals surface area contributed by atoms with Crippen LogP contribution >= 0.6 is 0 Å². The summed E-state index contributed by atoms with van der Waals surface area (Å²) in [5, 5.41) is 5.58. The highest BCUT2D eigenvalue weighted by Crippen LogP contribution is 2.31. The van der Waals surface area contributed by atoms with Gasteiger partial charge < -0.3 is 34.3 Å². The summed E-state index contributed by atoms with van der Waals surface area (Å²) in [6, 6.07) is 19.1. The minimum absolute atomic E-state index is 0.228. The number of ether oxygens (including phenoxy) is 5. The number of hydrogen-bond acceptors (Lipinski definition) is 7. The van der Waals surface area contributed by atoms with Crippen LogP contribution in [0, 0.1) is 0 Å². The lowest BCUT2D eigenvalue weighted by Gasteiger charge is -2.26. The van der Waals surface area contributed by atoms with Crippen molar-refractivity contribution in [1.82, 2.24) is 5.32 Å². The second-order valence-electron chi connectivity index (χ2n) is 7.64. The van der Waals surface area contributed by atoms with E-state index in [-0.39, 0.29) is 31.1 Å². The summed E-state index contributed by atoms with van der Waals surface area (Å²) in [5.74, 6) is 2.07. The van der Waals surface area contributed by atoms with Crippen molar-refractivity contribution >= 4 is 17.5 Å². The minimum Gasteiger partial charge on any atom is -0.497 e. The Kier molecular flexibility index (Phi) is 7.57. The molecule has 2 N–H and O–H groups in total. The van der Waals surface area contributed by atoms with E-state index in [4.69, 9.17) is 23.7 Å². The maximum atomic E-state index is 12.7. The van der Waals surface area contributed by atoms with Gasteiger partial charge in [0.05, 0.1) is 20.8 Å². The highest BCUT2D eigenvalue weighted by molar-refractivity contribution is 5.95. The molecule has 0 saturated heterocycles. The number of para-hydroxylation sites is 2. The lowest BCUT2D eigenvalue weighted by Crippen LogP contribution is -2.40. The molecule has 1 heterocycles. The third kappa shape index (κ3) is 6.14. The van der Waals surface area contributed by atoms with Crippen molar-refractivity contribution in [2.75, 3.05) is 39.3 Å². The molecule has 9 heteroatoms. The van der Waals surface area contributed by atoms with Crippen LogP contribution in [0.4, 0.5) is 5.69 Å². The molecule has 9 nitrogen and oxygen atoms in total. The van der Waals surface area contributed by atoms with Crippen LogP contribution < -0.4 is 34.3 Å². The van der Waals surface area contributed by atoms with E-state index in [0.29, 0.717) is 46.6 Å². The van der Waals surface area contributed by atoms with E-state index in [1.807, 2.05) is 24.3 Å². The monoisotopic (exact) mass is 478 g/mol. The number of carbonyl (C=O) groups excluding carboxylic acids is 2. The van der Waals surface area contributed by atoms with Crippen LogP contribution in [0.3, 0.4) is 0 Å². The number of benzene rings is 3. The van der Waals surface area contributed by atoms with Crippen LogP contribution in [0.5, 0.6) is 28.7 Å². The third-order valence-electron chi connectivity index (χ3n) is 5.22. The minimum atomic E-state index is -0.338. The van der Waals surface area contributed by atoms with E-state index in [0.717, 1.165) is 0 Å². The maximum Gasteiger partial charge on any atom is 0.262 e. The van der Waals surface area contributed by atoms with Crippen LogP contribution in [0.15, 0.2) is 66.7 Å². The van der Waals surface area contributed by atoms with Crippen LogP contribution in [0.25, 0.3) is 0 Å². The Balaban J connectivity index is 1.29. The summed E-state index contributed by atoms with van der Waals surface area (Å²) in [7, 11) is 3.04. The average Bonchev–Trinajstić information content (AvgIpc) is 2.90. The lowest BCUT2D eigenvalue weighted by molar-refractivity contribution is -0.118. The van der Waals surface area contributed by atoms with Crippen molar-refractivity contribution in [3.05, 3.63) is 72.3 Å². The van der Waals surface area contributed by atoms with E-state index in [9.17, 15) is 9.59 Å². The number of anilines is 1. The molecule has 1 atom stereocenters. The first-order chi connectivity index (χ1) is 17.1. The number of amides is 2. The van der Waals surface area contributed by atoms with Gasteiger partial charge in [-0.15, -0.1) is 0 Å². The zero-order valence-electron chi connectivity index (χ0n) is 19.4. The van der Waals surface area contributed by atoms with Crippen LogP contribution in [-0.4, -0.2) is 51.9 Å². The Morgan fingerprint density at radius 1 is 0.943 bits per heavy atom. The fraction of sp³-hybridized carbons (Fsp3) is 0.231. The second-order valence-corrected chi connectivity index (χ2v) is 7.64. The van der Waals surface area contributed by atoms with Crippen molar-refractivity contribution in [2.24, 2.45) is 0 Å². The van der Waals surface area contributed by atoms with E-state index in [2.05, 4.69) is 10.6 Å². The molecule has 0 bridgehead atoms. The highest BCUT2D eigenvalue weighted by Gasteiger charge is 2.21. The van der Waals surface area contributed by atoms with Crippen molar-refractivity contribution in [3.63, 3.8) is 0 Å². The zero-order valence-corrected chi connectivity index (χ0v) is 19.4. The summed E-state index contributed by atoms with van der Waals surface area (Å²) in [6.07, 6.45) is -0.303. The number of hydrogen-bond donors (Lipinski definition) is 2. The largest absolute Gasteiger partial charge is 0.497 e. The van der Waals surface area contributed by atoms with Gasteiger partial charge in [0, 0.05) is 11.3 Å². The molecule has 0 aliphatic carbocycles. The normalized spacial score (nSPS) is 13.9. The number of rotatable bonds is 9. The zero-order chi connectivity index (χ0) is 24.6. The molecular formula is C26H26N2O7. The molecule has 182 valence electrons. The molecule has 0 saturated carbocycles. The molecule has 0 aromatic heterocycles. The van der Waals surface area contributed by atoms with Gasteiger partial charge in [-0.25, -0.2) is 0 Å². The molecular weight excluding hydrogens is 452 g/mol. The number of carbonyl (C=O) groups is 2. The Morgan fingerprint density at radius 2 is 1.71 bits per heavy atom. The third-order valence-corrected chi connectivity index (χ3v) is 5.22. The first-order valence-corrected chi connectivity index (χ1v) is 11.0. The number of fused-ring (bicyclic) bond motifs is 1. The standard InChI is InChI=1S/C26H26N2O7/c1-31-19-10-8-18(9-11-19)28-25(29)16-34-22-12-7-17(13-24(22)32-2)26(30)27-14-20-15-33-21-5-3-4-6-23(21)35-20/h3-13,20H,14-16H2,1-2H3,(H,27,30)(H,28,29). The summed E-state index contributed by atoms with van der Waals surface area (Å²) in [6.45, 7) is 0.389. The SMILES string of the molecule is COc1ccc(NC(=O)COc2ccc(C(=O)NCC3COc4ccccc4O3)cc2OC)cc1. The molecule has 0 spiro atoms. The predicted octanol–water partition coefficient (Wildman–Crippen LogP) is 3.29. The number of nitrogens with one attached hydrogen (secondary N) is 2. The Morgan fingerprint density at radius 3 is 2.46 bits per heavy atom. The number of methoxy groups -OCH3 is 2. The van der Waals surface area contributed by atoms with Crippen LogP contribution in [-0.2, 0) is 4.79 Å². The smallest absolute Gasteiger partial charge is 0.262 e. The quantitative estimate of drug-likeness (QED) is 0.486. The van der Waals surface area contributed by atoms with Crippen LogP contribution in [0.1, 0.15) is 10.4 Å². The molecule has 35 heavy (non-hydrogen) atoms. The topological polar surface area (TPSA) is 104 Å². The first-order valence-electron chi connectivity index (χ1n) is 11.0. The van der Waals surface area contributed by atoms with Crippen molar-refractivity contribution in [2.45, 2.75) is 6.10 Å². The van der Waals surface area contributed by atoms with Gasteiger partial charge in [-0.1, -0.05) is 12.1 Å². The lowest BCUT2D eigenvalue weighted by atomic mass is 10.2.